The predicted octanol–water partition coefficient (Wildman–Crippen LogP) is 1.98. The van der Waals surface area contributed by atoms with Crippen molar-refractivity contribution in [2.45, 2.75) is 19.9 Å². The molecule has 0 saturated carbocycles. The number of aryl methyl sites for hydroxylation is 1. The van der Waals surface area contributed by atoms with Crippen molar-refractivity contribution in [1.82, 2.24) is 19.7 Å². The molecular weight excluding hydrogens is 244 g/mol. The van der Waals surface area contributed by atoms with Crippen LogP contribution in [0.2, 0.25) is 0 Å². The number of rotatable bonds is 3. The van der Waals surface area contributed by atoms with E-state index in [-0.39, 0.29) is 0 Å². The quantitative estimate of drug-likeness (QED) is 0.911. The fourth-order valence-electron chi connectivity index (χ4n) is 1.32. The van der Waals surface area contributed by atoms with Crippen LogP contribution in [0.15, 0.2) is 23.2 Å². The minimum Gasteiger partial charge on any atom is -0.348 e. The molecule has 0 fully saturated rings. The molecule has 0 unspecified atom stereocenters. The summed E-state index contributed by atoms with van der Waals surface area (Å²) >= 11 is 3.52. The average molecular weight is 255 g/mol. The number of imidazole rings is 1. The van der Waals surface area contributed by atoms with Crippen molar-refractivity contribution < 1.29 is 0 Å². The Morgan fingerprint density at radius 3 is 3.00 bits per heavy atom. The van der Waals surface area contributed by atoms with Crippen LogP contribution in [0.5, 0.6) is 0 Å². The second-order valence-electron chi connectivity index (χ2n) is 2.99. The first kappa shape index (κ1) is 9.45. The van der Waals surface area contributed by atoms with Crippen molar-refractivity contribution in [3.05, 3.63) is 34.6 Å². The van der Waals surface area contributed by atoms with Gasteiger partial charge in [0.25, 0.3) is 0 Å². The highest BCUT2D eigenvalue weighted by atomic mass is 79.9. The molecule has 2 aromatic heterocycles. The van der Waals surface area contributed by atoms with Crippen molar-refractivity contribution in [2.75, 3.05) is 0 Å². The van der Waals surface area contributed by atoms with Gasteiger partial charge in [0, 0.05) is 30.9 Å². The fraction of sp³-hybridized carbons (Fsp3) is 0.333. The van der Waals surface area contributed by atoms with Crippen LogP contribution in [-0.4, -0.2) is 19.7 Å². The van der Waals surface area contributed by atoms with Crippen LogP contribution in [0.1, 0.15) is 18.3 Å². The van der Waals surface area contributed by atoms with E-state index in [9.17, 15) is 0 Å². The molecule has 74 valence electrons. The summed E-state index contributed by atoms with van der Waals surface area (Å²) in [5, 5.41) is 4.24. The Morgan fingerprint density at radius 1 is 1.57 bits per heavy atom. The predicted molar refractivity (Wildman–Crippen MR) is 57.0 cm³/mol. The molecule has 0 aliphatic rings. The van der Waals surface area contributed by atoms with E-state index in [4.69, 9.17) is 0 Å². The van der Waals surface area contributed by atoms with Crippen molar-refractivity contribution in [1.29, 1.82) is 0 Å². The number of H-pyrrole nitrogens is 1. The number of aromatic nitrogens is 4. The van der Waals surface area contributed by atoms with Crippen LogP contribution in [0, 0.1) is 0 Å². The first-order chi connectivity index (χ1) is 6.81. The molecule has 0 saturated heterocycles. The summed E-state index contributed by atoms with van der Waals surface area (Å²) in [6.45, 7) is 2.94. The molecule has 0 aliphatic heterocycles. The van der Waals surface area contributed by atoms with Gasteiger partial charge in [-0.25, -0.2) is 4.98 Å². The summed E-state index contributed by atoms with van der Waals surface area (Å²) in [4.78, 5) is 7.25. The largest absolute Gasteiger partial charge is 0.348 e. The van der Waals surface area contributed by atoms with Gasteiger partial charge >= 0.3 is 0 Å². The zero-order valence-electron chi connectivity index (χ0n) is 7.87. The molecule has 0 spiro atoms. The number of aromatic amines is 1. The third kappa shape index (κ3) is 1.72. The minimum atomic E-state index is 0.785. The maximum Gasteiger partial charge on any atom is 0.110 e. The number of hydrogen-bond donors (Lipinski definition) is 1. The molecule has 2 rings (SSSR count). The van der Waals surface area contributed by atoms with E-state index in [1.54, 1.807) is 6.20 Å². The Labute approximate surface area is 90.5 Å². The summed E-state index contributed by atoms with van der Waals surface area (Å²) in [6, 6.07) is 0. The number of nitrogens with one attached hydrogen (secondary N) is 1. The summed E-state index contributed by atoms with van der Waals surface area (Å²) in [6.07, 6.45) is 6.24. The summed E-state index contributed by atoms with van der Waals surface area (Å²) in [7, 11) is 0. The zero-order valence-corrected chi connectivity index (χ0v) is 9.45. The molecule has 0 amide bonds. The second kappa shape index (κ2) is 3.96. The zero-order chi connectivity index (χ0) is 9.97. The molecule has 0 bridgehead atoms. The Kier molecular flexibility index (Phi) is 2.67. The van der Waals surface area contributed by atoms with E-state index in [1.165, 1.54) is 0 Å². The molecule has 0 atom stereocenters. The summed E-state index contributed by atoms with van der Waals surface area (Å²) in [5.41, 5.74) is 1.15. The van der Waals surface area contributed by atoms with E-state index in [2.05, 4.69) is 37.9 Å². The first-order valence-corrected chi connectivity index (χ1v) is 5.29. The summed E-state index contributed by atoms with van der Waals surface area (Å²) < 4.78 is 2.95. The Balaban J connectivity index is 2.21. The van der Waals surface area contributed by atoms with Crippen molar-refractivity contribution in [3.63, 3.8) is 0 Å². The summed E-state index contributed by atoms with van der Waals surface area (Å²) in [5.74, 6) is 0.960. The van der Waals surface area contributed by atoms with E-state index < -0.39 is 0 Å². The van der Waals surface area contributed by atoms with Gasteiger partial charge in [0.2, 0.25) is 0 Å². The first-order valence-electron chi connectivity index (χ1n) is 4.49. The number of nitrogens with zero attached hydrogens (tertiary/aromatic N) is 3. The normalized spacial score (nSPS) is 10.7. The van der Waals surface area contributed by atoms with E-state index >= 15 is 0 Å². The second-order valence-corrected chi connectivity index (χ2v) is 3.74. The van der Waals surface area contributed by atoms with Crippen LogP contribution in [0.25, 0.3) is 0 Å². The van der Waals surface area contributed by atoms with Gasteiger partial charge in [-0.2, -0.15) is 5.10 Å². The van der Waals surface area contributed by atoms with E-state index in [0.29, 0.717) is 0 Å². The molecule has 14 heavy (non-hydrogen) atoms. The smallest absolute Gasteiger partial charge is 0.110 e. The van der Waals surface area contributed by atoms with Crippen molar-refractivity contribution in [2.24, 2.45) is 0 Å². The molecule has 5 heteroatoms. The lowest BCUT2D eigenvalue weighted by molar-refractivity contribution is 0.644. The highest BCUT2D eigenvalue weighted by Crippen LogP contribution is 2.18. The van der Waals surface area contributed by atoms with Gasteiger partial charge < -0.3 is 4.98 Å². The van der Waals surface area contributed by atoms with E-state index in [1.807, 2.05) is 17.1 Å². The molecular formula is C9H11BrN4. The molecule has 0 aliphatic carbocycles. The standard InChI is InChI=1S/C9H11BrN4/c1-2-14-9(10)7(6-13-14)5-8-11-3-4-12-8/h3-4,6H,2,5H2,1H3,(H,11,12). The van der Waals surface area contributed by atoms with Crippen LogP contribution < -0.4 is 0 Å². The SMILES string of the molecule is CCn1ncc(Cc2ncc[nH]2)c1Br. The molecule has 4 nitrogen and oxygen atoms in total. The number of halogens is 1. The van der Waals surface area contributed by atoms with E-state index in [0.717, 1.165) is 29.0 Å². The molecule has 2 heterocycles. The molecule has 0 aromatic carbocycles. The monoisotopic (exact) mass is 254 g/mol. The van der Waals surface area contributed by atoms with Gasteiger partial charge in [-0.1, -0.05) is 0 Å². The van der Waals surface area contributed by atoms with Gasteiger partial charge in [0.05, 0.1) is 6.20 Å². The Hall–Kier alpha value is -1.10. The van der Waals surface area contributed by atoms with Crippen LogP contribution in [-0.2, 0) is 13.0 Å². The third-order valence-electron chi connectivity index (χ3n) is 2.06. The lowest BCUT2D eigenvalue weighted by Crippen LogP contribution is -1.97. The highest BCUT2D eigenvalue weighted by Gasteiger charge is 2.08. The van der Waals surface area contributed by atoms with Crippen LogP contribution in [0.3, 0.4) is 0 Å². The van der Waals surface area contributed by atoms with Gasteiger partial charge in [0.1, 0.15) is 10.4 Å². The van der Waals surface area contributed by atoms with Crippen molar-refractivity contribution >= 4 is 15.9 Å². The van der Waals surface area contributed by atoms with Gasteiger partial charge in [-0.15, -0.1) is 0 Å². The van der Waals surface area contributed by atoms with Crippen molar-refractivity contribution in [3.8, 4) is 0 Å². The lowest BCUT2D eigenvalue weighted by Gasteiger charge is -1.98. The highest BCUT2D eigenvalue weighted by molar-refractivity contribution is 9.10. The topological polar surface area (TPSA) is 46.5 Å². The molecule has 1 N–H and O–H groups in total. The number of hydrogen-bond acceptors (Lipinski definition) is 2. The lowest BCUT2D eigenvalue weighted by atomic mass is 10.2. The molecule has 0 radical (unpaired) electrons. The maximum atomic E-state index is 4.24. The van der Waals surface area contributed by atoms with Crippen LogP contribution >= 0.6 is 15.9 Å². The molecule has 2 aromatic rings. The van der Waals surface area contributed by atoms with Gasteiger partial charge in [-0.3, -0.25) is 4.68 Å². The van der Waals surface area contributed by atoms with Crippen LogP contribution in [0.4, 0.5) is 0 Å². The Bertz CT molecular complexity index is 404. The minimum absolute atomic E-state index is 0.785. The maximum absolute atomic E-state index is 4.24. The van der Waals surface area contributed by atoms with Gasteiger partial charge in [0.15, 0.2) is 0 Å². The Morgan fingerprint density at radius 2 is 2.43 bits per heavy atom. The average Bonchev–Trinajstić information content (AvgIpc) is 2.79. The van der Waals surface area contributed by atoms with Gasteiger partial charge in [-0.05, 0) is 22.9 Å². The third-order valence-corrected chi connectivity index (χ3v) is 2.98. The fourth-order valence-corrected chi connectivity index (χ4v) is 1.91.